The maximum atomic E-state index is 12.1. The van der Waals surface area contributed by atoms with Crippen molar-refractivity contribution in [3.8, 4) is 5.75 Å². The van der Waals surface area contributed by atoms with Crippen molar-refractivity contribution in [1.82, 2.24) is 0 Å². The molecule has 1 atom stereocenters. The largest absolute Gasteiger partial charge is 0.569 e. The Kier molecular flexibility index (Phi) is 18.3. The van der Waals surface area contributed by atoms with Crippen molar-refractivity contribution in [2.75, 3.05) is 7.11 Å². The van der Waals surface area contributed by atoms with Crippen LogP contribution in [0.1, 0.15) is 86.4 Å². The zero-order valence-corrected chi connectivity index (χ0v) is 28.3. The van der Waals surface area contributed by atoms with Crippen molar-refractivity contribution in [2.24, 2.45) is 5.92 Å². The van der Waals surface area contributed by atoms with Crippen molar-refractivity contribution in [1.29, 1.82) is 0 Å². The minimum Gasteiger partial charge on any atom is -0.569 e. The molecule has 11 heteroatoms. The second-order valence-electron chi connectivity index (χ2n) is 9.21. The molecule has 3 rings (SSSR count). The number of rotatable bonds is 10. The van der Waals surface area contributed by atoms with E-state index in [4.69, 9.17) is 4.42 Å². The van der Waals surface area contributed by atoms with E-state index in [1.54, 1.807) is 37.5 Å². The summed E-state index contributed by atoms with van der Waals surface area (Å²) in [4.78, 5) is 29.5. The monoisotopic (exact) mass is 671 g/mol. The second kappa shape index (κ2) is 19.2. The predicted molar refractivity (Wildman–Crippen MR) is 155 cm³/mol. The molecule has 1 unspecified atom stereocenters. The van der Waals surface area contributed by atoms with Crippen LogP contribution in [-0.4, -0.2) is 24.2 Å². The number of fused-ring (bicyclic) bond motifs is 1. The molecular weight excluding hydrogens is 632 g/mol. The summed E-state index contributed by atoms with van der Waals surface area (Å²) in [5, 5.41) is 11.1. The average molecular weight is 672 g/mol. The summed E-state index contributed by atoms with van der Waals surface area (Å²) in [5.41, 5.74) is 3.28. The number of carbonyl (C=O) groups excluding carboxylic acids is 1. The average Bonchev–Trinajstić information content (AvgIpc) is 3.27. The maximum absolute atomic E-state index is 12.1. The number of ketones is 1. The quantitative estimate of drug-likeness (QED) is 0.171. The van der Waals surface area contributed by atoms with Gasteiger partial charge in [-0.2, -0.15) is 19.4 Å². The fourth-order valence-corrected chi connectivity index (χ4v) is 4.56. The van der Waals surface area contributed by atoms with Gasteiger partial charge in [-0.05, 0) is 49.3 Å². The van der Waals surface area contributed by atoms with Crippen LogP contribution in [0.25, 0.3) is 15.6 Å². The van der Waals surface area contributed by atoms with Crippen molar-refractivity contribution in [3.05, 3.63) is 80.3 Å². The summed E-state index contributed by atoms with van der Waals surface area (Å²) < 4.78 is 42.4. The number of hydroxylamine groups is 1. The van der Waals surface area contributed by atoms with Gasteiger partial charge in [0.2, 0.25) is 0 Å². The first-order valence-electron chi connectivity index (χ1n) is 13.2. The van der Waals surface area contributed by atoms with Crippen LogP contribution in [0.3, 0.4) is 0 Å². The van der Waals surface area contributed by atoms with Gasteiger partial charge >= 0.3 is 11.8 Å². The summed E-state index contributed by atoms with van der Waals surface area (Å²) in [7, 11) is 1.46. The second-order valence-corrected chi connectivity index (χ2v) is 10.5. The molecule has 225 valence electrons. The molecule has 6 nitrogen and oxygen atoms in total. The molecule has 0 aliphatic carbocycles. The third-order valence-corrected chi connectivity index (χ3v) is 6.66. The minimum absolute atomic E-state index is 0. The summed E-state index contributed by atoms with van der Waals surface area (Å²) in [6.07, 6.45) is 0.0414. The molecule has 2 heterocycles. The van der Waals surface area contributed by atoms with Crippen LogP contribution in [0.5, 0.6) is 5.75 Å². The molecule has 1 radical (unpaired) electrons. The van der Waals surface area contributed by atoms with Crippen molar-refractivity contribution in [3.63, 3.8) is 0 Å². The first-order valence-corrected chi connectivity index (χ1v) is 14.0. The molecule has 0 aliphatic rings. The molecule has 1 N–H and O–H groups in total. The fraction of sp³-hybridized carbons (Fsp3) is 0.467. The molecule has 3 aromatic rings. The Morgan fingerprint density at radius 1 is 1.17 bits per heavy atom. The van der Waals surface area contributed by atoms with Gasteiger partial charge < -0.3 is 19.8 Å². The summed E-state index contributed by atoms with van der Waals surface area (Å²) in [6, 6.07) is 8.93. The molecule has 0 saturated carbocycles. The normalized spacial score (nSPS) is 11.8. The molecule has 2 aromatic heterocycles. The molecule has 0 amide bonds. The van der Waals surface area contributed by atoms with Gasteiger partial charge in [0.25, 0.3) is 0 Å². The molecule has 1 aromatic carbocycles. The smallest absolute Gasteiger partial charge is 0.389 e. The van der Waals surface area contributed by atoms with Crippen molar-refractivity contribution in [2.45, 2.75) is 79.3 Å². The maximum Gasteiger partial charge on any atom is 0.389 e. The zero-order valence-electron chi connectivity index (χ0n) is 24.7. The number of aromatic hydroxyl groups is 1. The van der Waals surface area contributed by atoms with E-state index in [0.717, 1.165) is 15.6 Å². The molecule has 0 bridgehead atoms. The van der Waals surface area contributed by atoms with E-state index < -0.39 is 24.0 Å². The van der Waals surface area contributed by atoms with Crippen LogP contribution in [0.15, 0.2) is 51.8 Å². The molecule has 0 spiro atoms. The topological polar surface area (TPSA) is 90.8 Å². The minimum atomic E-state index is -4.07. The molecule has 41 heavy (non-hydrogen) atoms. The SMILES string of the molecule is CC.CO[N-]/C=C/CCC(C)c1cc(O)c(C(=O)C(C)C)c(=O)o1.Cc1cc2ccc(CCC(F)(F)F)cc2s1.[Y]. The number of hydrogen-bond acceptors (Lipinski definition) is 6. The number of carbonyl (C=O) groups is 1. The standard InChI is InChI=1S/C16H22NO5.C12H11F3S.C2H6.Y/c1-10(2)15(19)14-12(18)9-13(22-16(14)20)11(3)7-5-6-8-17-21-4;1-8-6-10-3-2-9(7-11(10)16-8)4-5-12(13,14)15;1-2;/h6,8-11H,5,7H2,1-4H3,(H,18,19,20);2-3,6-7H,4-5H2,1H3;1-2H3;/q-1;;;/b8-6+;;;. The third kappa shape index (κ3) is 13.7. The number of halogens is 3. The van der Waals surface area contributed by atoms with Crippen molar-refractivity contribution < 1.29 is 65.0 Å². The molecule has 0 saturated heterocycles. The Morgan fingerprint density at radius 3 is 2.39 bits per heavy atom. The Balaban J connectivity index is 0.000000745. The Hall–Kier alpha value is -2.01. The van der Waals surface area contributed by atoms with Crippen LogP contribution >= 0.6 is 11.3 Å². The summed E-state index contributed by atoms with van der Waals surface area (Å²) in [6.45, 7) is 11.2. The van der Waals surface area contributed by atoms with E-state index in [1.807, 2.05) is 52.0 Å². The van der Waals surface area contributed by atoms with E-state index in [9.17, 15) is 27.9 Å². The van der Waals surface area contributed by atoms with Crippen LogP contribution in [0.4, 0.5) is 13.2 Å². The Morgan fingerprint density at radius 2 is 1.83 bits per heavy atom. The third-order valence-electron chi connectivity index (χ3n) is 5.65. The Bertz CT molecular complexity index is 1300. The number of alkyl halides is 3. The first kappa shape index (κ1) is 39.0. The number of benzene rings is 1. The van der Waals surface area contributed by atoms with Crippen molar-refractivity contribution >= 4 is 27.2 Å². The van der Waals surface area contributed by atoms with Gasteiger partial charge in [-0.3, -0.25) is 4.79 Å². The Labute approximate surface area is 269 Å². The number of allylic oxidation sites excluding steroid dienone is 1. The first-order chi connectivity index (χ1) is 18.8. The van der Waals surface area contributed by atoms with Gasteiger partial charge in [-0.15, -0.1) is 17.4 Å². The number of nitrogens with zero attached hydrogens (tertiary/aromatic N) is 1. The zero-order chi connectivity index (χ0) is 30.5. The van der Waals surface area contributed by atoms with E-state index in [-0.39, 0.29) is 62.3 Å². The summed E-state index contributed by atoms with van der Waals surface area (Å²) in [5.74, 6) is -0.836. The van der Waals surface area contributed by atoms with Gasteiger partial charge in [0.05, 0.1) is 0 Å². The number of thiophene rings is 1. The number of hydrogen-bond donors (Lipinski definition) is 1. The molecule has 0 aliphatic heterocycles. The van der Waals surface area contributed by atoms with E-state index in [1.165, 1.54) is 18.1 Å². The number of aryl methyl sites for hydroxylation is 2. The van der Waals surface area contributed by atoms with E-state index >= 15 is 0 Å². The van der Waals surface area contributed by atoms with Crippen LogP contribution in [-0.2, 0) is 44.0 Å². The van der Waals surface area contributed by atoms with Crippen LogP contribution in [0, 0.1) is 12.8 Å². The van der Waals surface area contributed by atoms with Gasteiger partial charge in [0.15, 0.2) is 5.78 Å². The molecular formula is C30H39F3NO5SY-. The fourth-order valence-electron chi connectivity index (χ4n) is 3.57. The van der Waals surface area contributed by atoms with Crippen LogP contribution in [0.2, 0.25) is 0 Å². The van der Waals surface area contributed by atoms with Crippen LogP contribution < -0.4 is 5.63 Å². The summed E-state index contributed by atoms with van der Waals surface area (Å²) >= 11 is 1.62. The van der Waals surface area contributed by atoms with E-state index in [2.05, 4.69) is 10.3 Å². The van der Waals surface area contributed by atoms with E-state index in [0.29, 0.717) is 18.6 Å². The van der Waals surface area contributed by atoms with Gasteiger partial charge in [-0.1, -0.05) is 46.8 Å². The van der Waals surface area contributed by atoms with Gasteiger partial charge in [0.1, 0.15) is 17.1 Å². The predicted octanol–water partition coefficient (Wildman–Crippen LogP) is 9.24. The van der Waals surface area contributed by atoms with Gasteiger partial charge in [-0.25, -0.2) is 4.79 Å². The molecule has 0 fully saturated rings. The number of Topliss-reactive ketones (excluding diaryl/α,β-unsaturated/α-hetero) is 1. The van der Waals surface area contributed by atoms with Gasteiger partial charge in [0, 0.05) is 73.7 Å².